The third kappa shape index (κ3) is 81.5. The van der Waals surface area contributed by atoms with Gasteiger partial charge in [0.05, 0.1) is 0 Å². The Hall–Kier alpha value is 0.196. The molecule has 0 aliphatic heterocycles. The van der Waals surface area contributed by atoms with Crippen molar-refractivity contribution < 1.29 is 29.9 Å². The van der Waals surface area contributed by atoms with Crippen LogP contribution in [0.1, 0.15) is 0 Å². The summed E-state index contributed by atoms with van der Waals surface area (Å²) in [5.74, 6) is 0. The molecule has 0 heterocycles. The number of hydrogen-bond donors (Lipinski definition) is 0. The van der Waals surface area contributed by atoms with Crippen molar-refractivity contribution in [2.75, 3.05) is 0 Å². The van der Waals surface area contributed by atoms with Crippen LogP contribution in [0.4, 0.5) is 0 Å². The van der Waals surface area contributed by atoms with Crippen LogP contribution >= 0.6 is 0 Å². The summed E-state index contributed by atoms with van der Waals surface area (Å²) in [6.45, 7) is 0. The van der Waals surface area contributed by atoms with Gasteiger partial charge in [0.15, 0.2) is 0 Å². The molecule has 0 aliphatic carbocycles. The third-order valence-corrected chi connectivity index (χ3v) is 0. The fourth-order valence-electron chi connectivity index (χ4n) is 0. The van der Waals surface area contributed by atoms with Gasteiger partial charge in [-0.15, -0.1) is 0 Å². The molecule has 0 aromatic carbocycles. The first-order valence-electron chi connectivity index (χ1n) is 0.289. The molecule has 0 saturated carbocycles. The first kappa shape index (κ1) is 8.89. The second kappa shape index (κ2) is 10.8. The van der Waals surface area contributed by atoms with Gasteiger partial charge in [0.25, 0.3) is 0 Å². The molecule has 0 amide bonds. The van der Waals surface area contributed by atoms with Crippen molar-refractivity contribution in [3.05, 3.63) is 0 Å². The van der Waals surface area contributed by atoms with E-state index in [4.69, 9.17) is 7.08 Å². The van der Waals surface area contributed by atoms with Crippen molar-refractivity contribution >= 4 is 0 Å². The zero-order valence-corrected chi connectivity index (χ0v) is 4.21. The average molecular weight is 240 g/mol. The molecule has 4 heavy (non-hydrogen) atoms. The molecule has 0 fully saturated rings. The zero-order chi connectivity index (χ0) is 2.71. The van der Waals surface area contributed by atoms with Gasteiger partial charge in [-0.25, -0.2) is 0 Å². The molecule has 0 atom stereocenters. The molecule has 0 bridgehead atoms. The normalized spacial score (nSPS) is 4.00. The molecule has 0 aliphatic rings. The van der Waals surface area contributed by atoms with Crippen LogP contribution < -0.4 is 0 Å². The second-order valence-corrected chi connectivity index (χ2v) is 0.482. The Morgan fingerprint density at radius 3 is 1.25 bits per heavy atom. The molecule has 0 spiro atoms. The van der Waals surface area contributed by atoms with Gasteiger partial charge in [-0.05, 0) is 0 Å². The summed E-state index contributed by atoms with van der Waals surface area (Å²) >= 11 is -2.08. The van der Waals surface area contributed by atoms with Crippen molar-refractivity contribution in [2.45, 2.75) is 0 Å². The molecule has 0 aromatic heterocycles. The standard InChI is InChI=1S/H2O.2O.Os/h1H2;;;. The molecule has 0 rings (SSSR count). The summed E-state index contributed by atoms with van der Waals surface area (Å²) < 4.78 is 17.0. The van der Waals surface area contributed by atoms with E-state index in [2.05, 4.69) is 0 Å². The molecule has 0 unspecified atom stereocenters. The number of rotatable bonds is 0. The van der Waals surface area contributed by atoms with Crippen LogP contribution in [0.2, 0.25) is 0 Å². The van der Waals surface area contributed by atoms with E-state index >= 15 is 0 Å². The van der Waals surface area contributed by atoms with Crippen molar-refractivity contribution in [2.24, 2.45) is 0 Å². The molecule has 3 nitrogen and oxygen atoms in total. The van der Waals surface area contributed by atoms with E-state index in [0.717, 1.165) is 0 Å². The van der Waals surface area contributed by atoms with E-state index in [-0.39, 0.29) is 5.48 Å². The maximum absolute atomic E-state index is 8.51. The summed E-state index contributed by atoms with van der Waals surface area (Å²) in [5.41, 5.74) is 0. The molecular weight excluding hydrogens is 238 g/mol. The first-order valence-corrected chi connectivity index (χ1v) is 2.36. The molecule has 2 N–H and O–H groups in total. The predicted molar refractivity (Wildman–Crippen MR) is 4.99 cm³/mol. The van der Waals surface area contributed by atoms with Gasteiger partial charge in [-0.3, -0.25) is 0 Å². The van der Waals surface area contributed by atoms with Gasteiger partial charge in [0.2, 0.25) is 0 Å². The number of hydrogen-bond acceptors (Lipinski definition) is 2. The summed E-state index contributed by atoms with van der Waals surface area (Å²) in [6, 6.07) is 0. The summed E-state index contributed by atoms with van der Waals surface area (Å²) in [4.78, 5) is 0. The average Bonchev–Trinajstić information content (AvgIpc) is 0.918. The predicted octanol–water partition coefficient (Wildman–Crippen LogP) is -1.06. The first-order chi connectivity index (χ1) is 1.41. The second-order valence-electron chi connectivity index (χ2n) is 0.0589. The van der Waals surface area contributed by atoms with Gasteiger partial charge < -0.3 is 5.48 Å². The van der Waals surface area contributed by atoms with E-state index in [1.807, 2.05) is 0 Å². The minimum atomic E-state index is -2.08. The van der Waals surface area contributed by atoms with Crippen LogP contribution in [0, 0.1) is 0 Å². The van der Waals surface area contributed by atoms with E-state index in [1.54, 1.807) is 0 Å². The fourth-order valence-corrected chi connectivity index (χ4v) is 0. The van der Waals surface area contributed by atoms with E-state index in [0.29, 0.717) is 0 Å². The maximum atomic E-state index is 8.51. The summed E-state index contributed by atoms with van der Waals surface area (Å²) in [7, 11) is 0. The van der Waals surface area contributed by atoms with Crippen LogP contribution in [0.3, 0.4) is 0 Å². The van der Waals surface area contributed by atoms with Gasteiger partial charge in [-0.2, -0.15) is 0 Å². The van der Waals surface area contributed by atoms with Crippen LogP contribution in [0.5, 0.6) is 0 Å². The Morgan fingerprint density at radius 2 is 1.25 bits per heavy atom. The van der Waals surface area contributed by atoms with Gasteiger partial charge in [-0.1, -0.05) is 0 Å². The molecule has 28 valence electrons. The van der Waals surface area contributed by atoms with E-state index < -0.39 is 17.3 Å². The van der Waals surface area contributed by atoms with Gasteiger partial charge in [0.1, 0.15) is 0 Å². The van der Waals surface area contributed by atoms with Crippen LogP contribution in [-0.4, -0.2) is 5.48 Å². The van der Waals surface area contributed by atoms with Crippen LogP contribution in [-0.2, 0) is 24.4 Å². The van der Waals surface area contributed by atoms with Crippen molar-refractivity contribution in [3.8, 4) is 0 Å². The zero-order valence-electron chi connectivity index (χ0n) is 1.67. The topological polar surface area (TPSA) is 65.6 Å². The van der Waals surface area contributed by atoms with E-state index in [9.17, 15) is 0 Å². The molecular formula is H2O3Os. The minimum absolute atomic E-state index is 0. The van der Waals surface area contributed by atoms with Crippen LogP contribution in [0.15, 0.2) is 0 Å². The molecule has 0 aromatic rings. The van der Waals surface area contributed by atoms with E-state index in [1.165, 1.54) is 0 Å². The van der Waals surface area contributed by atoms with Crippen molar-refractivity contribution in [3.63, 3.8) is 0 Å². The Kier molecular flexibility index (Phi) is 23.9. The molecule has 4 heteroatoms. The SMILES string of the molecule is O.[O]=[Os]=[O]. The fraction of sp³-hybridized carbons (Fsp3) is 0. The summed E-state index contributed by atoms with van der Waals surface area (Å²) in [6.07, 6.45) is 0. The monoisotopic (exact) mass is 242 g/mol. The van der Waals surface area contributed by atoms with Crippen LogP contribution in [0.25, 0.3) is 0 Å². The van der Waals surface area contributed by atoms with Gasteiger partial charge in [0, 0.05) is 0 Å². The quantitative estimate of drug-likeness (QED) is 0.541. The van der Waals surface area contributed by atoms with Crippen molar-refractivity contribution in [1.29, 1.82) is 0 Å². The summed E-state index contributed by atoms with van der Waals surface area (Å²) in [5, 5.41) is 0. The molecule has 0 saturated heterocycles. The van der Waals surface area contributed by atoms with Gasteiger partial charge >= 0.3 is 24.4 Å². The van der Waals surface area contributed by atoms with Crippen molar-refractivity contribution in [1.82, 2.24) is 0 Å². The Balaban J connectivity index is 0. The Bertz CT molecular complexity index is 24.3. The third-order valence-electron chi connectivity index (χ3n) is 0. The Labute approximate surface area is 30.6 Å². The Morgan fingerprint density at radius 1 is 1.25 bits per heavy atom. The molecule has 0 radical (unpaired) electrons.